The molecule has 1 fully saturated rings. The normalized spacial score (nSPS) is 14.2. The molecule has 0 bridgehead atoms. The number of aromatic nitrogens is 5. The number of benzene rings is 1. The summed E-state index contributed by atoms with van der Waals surface area (Å²) in [6, 6.07) is 6.60. The molecule has 0 saturated carbocycles. The molecular weight excluding hydrogens is 516 g/mol. The second kappa shape index (κ2) is 11.1. The van der Waals surface area contributed by atoms with Gasteiger partial charge >= 0.3 is 0 Å². The molecule has 1 aliphatic rings. The summed E-state index contributed by atoms with van der Waals surface area (Å²) < 4.78 is 31.7. The van der Waals surface area contributed by atoms with Crippen molar-refractivity contribution in [3.63, 3.8) is 0 Å². The van der Waals surface area contributed by atoms with Gasteiger partial charge < -0.3 is 19.9 Å². The van der Waals surface area contributed by atoms with Gasteiger partial charge in [0.1, 0.15) is 29.5 Å². The Labute approximate surface area is 230 Å². The van der Waals surface area contributed by atoms with Crippen LogP contribution in [0.25, 0.3) is 27.9 Å². The number of anilines is 2. The van der Waals surface area contributed by atoms with Crippen LogP contribution in [0.4, 0.5) is 20.5 Å². The van der Waals surface area contributed by atoms with Crippen LogP contribution in [0, 0.1) is 24.5 Å². The Bertz CT molecular complexity index is 1580. The van der Waals surface area contributed by atoms with E-state index in [9.17, 15) is 13.6 Å². The molecule has 40 heavy (non-hydrogen) atoms. The third kappa shape index (κ3) is 5.29. The van der Waals surface area contributed by atoms with E-state index >= 15 is 0 Å². The van der Waals surface area contributed by atoms with E-state index < -0.39 is 18.2 Å². The van der Waals surface area contributed by atoms with Crippen molar-refractivity contribution >= 4 is 34.3 Å². The molecule has 11 heteroatoms. The quantitative estimate of drug-likeness (QED) is 0.334. The summed E-state index contributed by atoms with van der Waals surface area (Å²) in [5, 5.41) is 12.1. The second-order valence-corrected chi connectivity index (χ2v) is 10.2. The number of nitrogens with zero attached hydrogens (tertiary/aromatic N) is 6. The number of hydrogen-bond acceptors (Lipinski definition) is 7. The molecule has 5 rings (SSSR count). The van der Waals surface area contributed by atoms with Crippen molar-refractivity contribution in [2.75, 3.05) is 25.0 Å². The summed E-state index contributed by atoms with van der Waals surface area (Å²) in [7, 11) is 0. The molecule has 3 aromatic heterocycles. The maximum absolute atomic E-state index is 15.0. The molecule has 4 heterocycles. The van der Waals surface area contributed by atoms with Crippen LogP contribution in [0.15, 0.2) is 43.2 Å². The number of aliphatic hydroxyl groups excluding tert-OH is 1. The zero-order valence-corrected chi connectivity index (χ0v) is 22.7. The van der Waals surface area contributed by atoms with Crippen LogP contribution < -0.4 is 5.32 Å². The van der Waals surface area contributed by atoms with E-state index in [2.05, 4.69) is 31.8 Å². The molecule has 0 radical (unpaired) electrons. The molecule has 1 aromatic carbocycles. The average Bonchev–Trinajstić information content (AvgIpc) is 3.30. The SMILES string of the molecule is C=C(c1ccc(Nc2ncc(F)c(-c3cc(F)c4nc(C)n(C(C)C)c4c3)n2)nc1)C1CCN(C(=O)CO)CC1. The van der Waals surface area contributed by atoms with Crippen molar-refractivity contribution in [3.8, 4) is 11.3 Å². The Kier molecular flexibility index (Phi) is 7.57. The molecular formula is C29H31F2N7O2. The van der Waals surface area contributed by atoms with E-state index in [0.29, 0.717) is 30.2 Å². The minimum absolute atomic E-state index is 0.0384. The first-order valence-electron chi connectivity index (χ1n) is 13.2. The number of hydrogen-bond donors (Lipinski definition) is 2. The monoisotopic (exact) mass is 547 g/mol. The second-order valence-electron chi connectivity index (χ2n) is 10.2. The van der Waals surface area contributed by atoms with Gasteiger partial charge in [0.05, 0.1) is 11.7 Å². The van der Waals surface area contributed by atoms with Crippen LogP contribution in [0.1, 0.15) is 44.1 Å². The molecule has 1 aliphatic heterocycles. The Balaban J connectivity index is 1.33. The van der Waals surface area contributed by atoms with Crippen LogP contribution in [0.3, 0.4) is 0 Å². The van der Waals surface area contributed by atoms with E-state index in [-0.39, 0.29) is 40.6 Å². The number of carbonyl (C=O) groups excluding carboxylic acids is 1. The van der Waals surface area contributed by atoms with Crippen molar-refractivity contribution in [2.24, 2.45) is 5.92 Å². The van der Waals surface area contributed by atoms with Gasteiger partial charge in [-0.05, 0) is 74.9 Å². The molecule has 0 spiro atoms. The van der Waals surface area contributed by atoms with Crippen molar-refractivity contribution < 1.29 is 18.7 Å². The standard InChI is InChI=1S/C29H31F2N7O2/c1-16(2)38-18(4)34-28-22(30)11-21(12-24(28)38)27-23(31)14-33-29(36-27)35-25-6-5-20(13-32-25)17(3)19-7-9-37(10-8-19)26(40)15-39/h5-6,11-14,16,19,39H,3,7-10,15H2,1-2,4H3,(H,32,33,35,36). The number of fused-ring (bicyclic) bond motifs is 1. The van der Waals surface area contributed by atoms with Crippen LogP contribution >= 0.6 is 0 Å². The fraction of sp³-hybridized carbons (Fsp3) is 0.345. The Morgan fingerprint density at radius 3 is 2.52 bits per heavy atom. The summed E-state index contributed by atoms with van der Waals surface area (Å²) in [5.74, 6) is -0.0344. The fourth-order valence-corrected chi connectivity index (χ4v) is 5.27. The lowest BCUT2D eigenvalue weighted by atomic mass is 9.86. The van der Waals surface area contributed by atoms with Gasteiger partial charge in [0, 0.05) is 30.9 Å². The maximum atomic E-state index is 15.0. The lowest BCUT2D eigenvalue weighted by molar-refractivity contribution is -0.135. The van der Waals surface area contributed by atoms with Gasteiger partial charge in [0.15, 0.2) is 11.6 Å². The lowest BCUT2D eigenvalue weighted by Gasteiger charge is -2.32. The van der Waals surface area contributed by atoms with E-state index in [0.717, 1.165) is 30.2 Å². The molecule has 0 atom stereocenters. The average molecular weight is 548 g/mol. The van der Waals surface area contributed by atoms with Crippen molar-refractivity contribution in [2.45, 2.75) is 39.7 Å². The summed E-state index contributed by atoms with van der Waals surface area (Å²) in [6.07, 6.45) is 4.27. The number of aliphatic hydroxyl groups is 1. The number of nitrogens with one attached hydrogen (secondary N) is 1. The third-order valence-electron chi connectivity index (χ3n) is 7.31. The number of aryl methyl sites for hydroxylation is 1. The van der Waals surface area contributed by atoms with Gasteiger partial charge in [-0.3, -0.25) is 4.79 Å². The van der Waals surface area contributed by atoms with Gasteiger partial charge in [-0.1, -0.05) is 6.58 Å². The van der Waals surface area contributed by atoms with E-state index in [1.807, 2.05) is 31.4 Å². The van der Waals surface area contributed by atoms with Crippen LogP contribution in [0.5, 0.6) is 0 Å². The first-order valence-corrected chi connectivity index (χ1v) is 13.2. The maximum Gasteiger partial charge on any atom is 0.248 e. The molecule has 4 aromatic rings. The van der Waals surface area contributed by atoms with Gasteiger partial charge in [-0.25, -0.2) is 28.7 Å². The van der Waals surface area contributed by atoms with E-state index in [4.69, 9.17) is 5.11 Å². The number of carbonyl (C=O) groups is 1. The van der Waals surface area contributed by atoms with Crippen LogP contribution in [-0.4, -0.2) is 60.1 Å². The molecule has 1 amide bonds. The molecule has 0 aliphatic carbocycles. The van der Waals surface area contributed by atoms with E-state index in [1.165, 1.54) is 6.07 Å². The zero-order valence-electron chi connectivity index (χ0n) is 22.7. The molecule has 9 nitrogen and oxygen atoms in total. The lowest BCUT2D eigenvalue weighted by Crippen LogP contribution is -2.40. The highest BCUT2D eigenvalue weighted by Gasteiger charge is 2.25. The van der Waals surface area contributed by atoms with Crippen LogP contribution in [0.2, 0.25) is 0 Å². The Morgan fingerprint density at radius 1 is 1.12 bits per heavy atom. The number of allylic oxidation sites excluding steroid dienone is 1. The largest absolute Gasteiger partial charge is 0.387 e. The highest BCUT2D eigenvalue weighted by Crippen LogP contribution is 2.32. The fourth-order valence-electron chi connectivity index (χ4n) is 5.27. The highest BCUT2D eigenvalue weighted by molar-refractivity contribution is 5.83. The molecule has 0 unspecified atom stereocenters. The predicted octanol–water partition coefficient (Wildman–Crippen LogP) is 5.04. The van der Waals surface area contributed by atoms with E-state index in [1.54, 1.807) is 23.2 Å². The van der Waals surface area contributed by atoms with Crippen molar-refractivity contribution in [1.82, 2.24) is 29.4 Å². The van der Waals surface area contributed by atoms with Gasteiger partial charge in [0.25, 0.3) is 0 Å². The van der Waals surface area contributed by atoms with Gasteiger partial charge in [0.2, 0.25) is 11.9 Å². The molecule has 208 valence electrons. The summed E-state index contributed by atoms with van der Waals surface area (Å²) in [4.78, 5) is 30.5. The molecule has 1 saturated heterocycles. The summed E-state index contributed by atoms with van der Waals surface area (Å²) >= 11 is 0. The highest BCUT2D eigenvalue weighted by atomic mass is 19.1. The first-order chi connectivity index (χ1) is 19.2. The number of halogens is 2. The number of imidazole rings is 1. The number of piperidine rings is 1. The Hall–Kier alpha value is -4.25. The zero-order chi connectivity index (χ0) is 28.6. The van der Waals surface area contributed by atoms with Crippen molar-refractivity contribution in [3.05, 3.63) is 66.3 Å². The first kappa shape index (κ1) is 27.3. The van der Waals surface area contributed by atoms with Crippen molar-refractivity contribution in [1.29, 1.82) is 0 Å². The third-order valence-corrected chi connectivity index (χ3v) is 7.31. The predicted molar refractivity (Wildman–Crippen MR) is 149 cm³/mol. The number of likely N-dealkylation sites (tertiary alicyclic amines) is 1. The molecule has 2 N–H and O–H groups in total. The minimum atomic E-state index is -0.678. The number of pyridine rings is 1. The van der Waals surface area contributed by atoms with Gasteiger partial charge in [-0.2, -0.15) is 0 Å². The van der Waals surface area contributed by atoms with Crippen LogP contribution in [-0.2, 0) is 4.79 Å². The topological polar surface area (TPSA) is 109 Å². The Morgan fingerprint density at radius 2 is 1.88 bits per heavy atom. The number of rotatable bonds is 7. The number of amides is 1. The smallest absolute Gasteiger partial charge is 0.248 e. The summed E-state index contributed by atoms with van der Waals surface area (Å²) in [6.45, 7) is 10.7. The summed E-state index contributed by atoms with van der Waals surface area (Å²) in [5.41, 5.74) is 2.85. The minimum Gasteiger partial charge on any atom is -0.387 e. The van der Waals surface area contributed by atoms with Gasteiger partial charge in [-0.15, -0.1) is 0 Å².